The lowest BCUT2D eigenvalue weighted by molar-refractivity contribution is 0.313. The Hall–Kier alpha value is -2.15. The molecular formula is C15H21N3O. The molecule has 0 amide bonds. The van der Waals surface area contributed by atoms with Crippen molar-refractivity contribution in [1.82, 2.24) is 10.6 Å². The summed E-state index contributed by atoms with van der Waals surface area (Å²) in [6.07, 6.45) is 6.06. The average molecular weight is 259 g/mol. The van der Waals surface area contributed by atoms with Gasteiger partial charge in [-0.1, -0.05) is 24.1 Å². The van der Waals surface area contributed by atoms with E-state index in [1.807, 2.05) is 37.3 Å². The van der Waals surface area contributed by atoms with Crippen molar-refractivity contribution < 1.29 is 4.74 Å². The number of nitrogens with zero attached hydrogens (tertiary/aromatic N) is 1. The van der Waals surface area contributed by atoms with Crippen LogP contribution in [0.15, 0.2) is 35.3 Å². The van der Waals surface area contributed by atoms with Crippen LogP contribution < -0.4 is 15.4 Å². The van der Waals surface area contributed by atoms with Crippen molar-refractivity contribution in [2.24, 2.45) is 4.99 Å². The lowest BCUT2D eigenvalue weighted by Crippen LogP contribution is -2.37. The molecule has 2 N–H and O–H groups in total. The second-order valence-corrected chi connectivity index (χ2v) is 3.83. The van der Waals surface area contributed by atoms with E-state index in [2.05, 4.69) is 21.5 Å². The summed E-state index contributed by atoms with van der Waals surface area (Å²) in [5, 5.41) is 6.17. The molecular weight excluding hydrogens is 238 g/mol. The largest absolute Gasteiger partial charge is 0.494 e. The Morgan fingerprint density at radius 2 is 2.11 bits per heavy atom. The molecule has 0 heterocycles. The number of hydrogen-bond donors (Lipinski definition) is 2. The summed E-state index contributed by atoms with van der Waals surface area (Å²) in [5.41, 5.74) is 0. The van der Waals surface area contributed by atoms with Gasteiger partial charge in [0.15, 0.2) is 5.96 Å². The maximum Gasteiger partial charge on any atom is 0.192 e. The molecule has 0 atom stereocenters. The summed E-state index contributed by atoms with van der Waals surface area (Å²) in [4.78, 5) is 4.40. The summed E-state index contributed by atoms with van der Waals surface area (Å²) in [6.45, 7) is 4.67. The predicted molar refractivity (Wildman–Crippen MR) is 79.4 cm³/mol. The fraction of sp³-hybridized carbons (Fsp3) is 0.400. The molecule has 0 unspecified atom stereocenters. The van der Waals surface area contributed by atoms with Gasteiger partial charge in [-0.2, -0.15) is 0 Å². The van der Waals surface area contributed by atoms with E-state index in [1.54, 1.807) is 0 Å². The third-order valence-corrected chi connectivity index (χ3v) is 2.29. The summed E-state index contributed by atoms with van der Waals surface area (Å²) in [6, 6.07) is 9.78. The standard InChI is InChI=1S/C15H21N3O/c1-3-11-17-15(16-4-2)18-12-8-13-19-14-9-6-5-7-10-14/h1,5-7,9-10H,4,8,11-13H2,2H3,(H2,16,17,18). The number of guanidine groups is 1. The molecule has 0 aliphatic heterocycles. The molecule has 1 aromatic carbocycles. The first-order chi connectivity index (χ1) is 9.36. The van der Waals surface area contributed by atoms with Crippen LogP contribution in [0.4, 0.5) is 0 Å². The summed E-state index contributed by atoms with van der Waals surface area (Å²) in [7, 11) is 0. The van der Waals surface area contributed by atoms with Crippen molar-refractivity contribution in [3.05, 3.63) is 30.3 Å². The molecule has 0 saturated carbocycles. The highest BCUT2D eigenvalue weighted by atomic mass is 16.5. The molecule has 1 rings (SSSR count). The second-order valence-electron chi connectivity index (χ2n) is 3.83. The lowest BCUT2D eigenvalue weighted by Gasteiger charge is -2.09. The van der Waals surface area contributed by atoms with Gasteiger partial charge in [0.05, 0.1) is 13.2 Å². The first-order valence-electron chi connectivity index (χ1n) is 6.50. The van der Waals surface area contributed by atoms with Gasteiger partial charge in [0.25, 0.3) is 0 Å². The third-order valence-electron chi connectivity index (χ3n) is 2.29. The van der Waals surface area contributed by atoms with Gasteiger partial charge in [-0.15, -0.1) is 6.42 Å². The van der Waals surface area contributed by atoms with Crippen LogP contribution in [0.1, 0.15) is 13.3 Å². The van der Waals surface area contributed by atoms with Crippen LogP contribution in [0.3, 0.4) is 0 Å². The number of para-hydroxylation sites is 1. The first kappa shape index (κ1) is 14.9. The van der Waals surface area contributed by atoms with Crippen LogP contribution in [0.2, 0.25) is 0 Å². The zero-order valence-corrected chi connectivity index (χ0v) is 11.4. The van der Waals surface area contributed by atoms with Gasteiger partial charge < -0.3 is 15.4 Å². The molecule has 1 aromatic rings. The van der Waals surface area contributed by atoms with E-state index in [9.17, 15) is 0 Å². The Morgan fingerprint density at radius 3 is 2.79 bits per heavy atom. The van der Waals surface area contributed by atoms with E-state index >= 15 is 0 Å². The van der Waals surface area contributed by atoms with Crippen LogP contribution in [0.5, 0.6) is 5.75 Å². The molecule has 4 heteroatoms. The minimum Gasteiger partial charge on any atom is -0.494 e. The Balaban J connectivity index is 2.21. The highest BCUT2D eigenvalue weighted by Gasteiger charge is 1.95. The second kappa shape index (κ2) is 9.84. The van der Waals surface area contributed by atoms with Gasteiger partial charge in [-0.25, -0.2) is 0 Å². The zero-order chi connectivity index (χ0) is 13.8. The SMILES string of the molecule is C#CCNC(=NCCCOc1ccccc1)NCC. The molecule has 4 nitrogen and oxygen atoms in total. The van der Waals surface area contributed by atoms with E-state index < -0.39 is 0 Å². The maximum atomic E-state index is 5.59. The van der Waals surface area contributed by atoms with Crippen LogP contribution in [0.25, 0.3) is 0 Å². The van der Waals surface area contributed by atoms with Crippen LogP contribution in [-0.4, -0.2) is 32.2 Å². The third kappa shape index (κ3) is 6.99. The molecule has 19 heavy (non-hydrogen) atoms. The Morgan fingerprint density at radius 1 is 1.32 bits per heavy atom. The Kier molecular flexibility index (Phi) is 7.72. The van der Waals surface area contributed by atoms with E-state index in [0.29, 0.717) is 19.7 Å². The summed E-state index contributed by atoms with van der Waals surface area (Å²) in [5.74, 6) is 4.17. The van der Waals surface area contributed by atoms with Crippen molar-refractivity contribution in [3.63, 3.8) is 0 Å². The van der Waals surface area contributed by atoms with E-state index in [1.165, 1.54) is 0 Å². The normalized spacial score (nSPS) is 10.6. The minimum absolute atomic E-state index is 0.479. The maximum absolute atomic E-state index is 5.59. The van der Waals surface area contributed by atoms with E-state index in [4.69, 9.17) is 11.2 Å². The lowest BCUT2D eigenvalue weighted by atomic mass is 10.3. The highest BCUT2D eigenvalue weighted by Crippen LogP contribution is 2.08. The molecule has 0 fully saturated rings. The van der Waals surface area contributed by atoms with Crippen molar-refractivity contribution in [2.45, 2.75) is 13.3 Å². The van der Waals surface area contributed by atoms with Gasteiger partial charge in [-0.3, -0.25) is 4.99 Å². The van der Waals surface area contributed by atoms with Gasteiger partial charge in [0, 0.05) is 19.5 Å². The van der Waals surface area contributed by atoms with Crippen molar-refractivity contribution in [3.8, 4) is 18.1 Å². The van der Waals surface area contributed by atoms with Crippen molar-refractivity contribution in [1.29, 1.82) is 0 Å². The number of rotatable bonds is 7. The quantitative estimate of drug-likeness (QED) is 0.339. The Bertz CT molecular complexity index is 409. The molecule has 0 saturated heterocycles. The van der Waals surface area contributed by atoms with Gasteiger partial charge >= 0.3 is 0 Å². The summed E-state index contributed by atoms with van der Waals surface area (Å²) >= 11 is 0. The molecule has 0 aliphatic carbocycles. The molecule has 0 aromatic heterocycles. The molecule has 0 radical (unpaired) electrons. The Labute approximate surface area is 115 Å². The number of nitrogens with one attached hydrogen (secondary N) is 2. The van der Waals surface area contributed by atoms with Crippen molar-refractivity contribution >= 4 is 5.96 Å². The van der Waals surface area contributed by atoms with Crippen LogP contribution >= 0.6 is 0 Å². The smallest absolute Gasteiger partial charge is 0.192 e. The van der Waals surface area contributed by atoms with E-state index in [-0.39, 0.29) is 0 Å². The molecule has 0 aliphatic rings. The number of aliphatic imine (C=N–C) groups is 1. The fourth-order valence-electron chi connectivity index (χ4n) is 1.44. The highest BCUT2D eigenvalue weighted by molar-refractivity contribution is 5.79. The minimum atomic E-state index is 0.479. The summed E-state index contributed by atoms with van der Waals surface area (Å²) < 4.78 is 5.59. The number of benzene rings is 1. The van der Waals surface area contributed by atoms with Crippen LogP contribution in [-0.2, 0) is 0 Å². The van der Waals surface area contributed by atoms with Crippen molar-refractivity contribution in [2.75, 3.05) is 26.2 Å². The number of terminal acetylenes is 1. The molecule has 0 spiro atoms. The zero-order valence-electron chi connectivity index (χ0n) is 11.4. The number of ether oxygens (including phenoxy) is 1. The number of hydrogen-bond acceptors (Lipinski definition) is 2. The molecule has 102 valence electrons. The van der Waals surface area contributed by atoms with Gasteiger partial charge in [0.2, 0.25) is 0 Å². The fourth-order valence-corrected chi connectivity index (χ4v) is 1.44. The molecule has 0 bridgehead atoms. The van der Waals surface area contributed by atoms with Gasteiger partial charge in [0.1, 0.15) is 5.75 Å². The monoisotopic (exact) mass is 259 g/mol. The predicted octanol–water partition coefficient (Wildman–Crippen LogP) is 1.64. The van der Waals surface area contributed by atoms with Crippen LogP contribution in [0, 0.1) is 12.3 Å². The average Bonchev–Trinajstić information content (AvgIpc) is 2.45. The van der Waals surface area contributed by atoms with Gasteiger partial charge in [-0.05, 0) is 19.1 Å². The van der Waals surface area contributed by atoms with E-state index in [0.717, 1.165) is 24.7 Å². The topological polar surface area (TPSA) is 45.7 Å². The first-order valence-corrected chi connectivity index (χ1v) is 6.50.